The molecule has 0 radical (unpaired) electrons. The number of aliphatic hydroxyl groups excluding tert-OH is 1. The Kier molecular flexibility index (Phi) is 10.2. The first-order valence-corrected chi connectivity index (χ1v) is 15.2. The highest BCUT2D eigenvalue weighted by Gasteiger charge is 2.38. The number of benzene rings is 2. The van der Waals surface area contributed by atoms with Gasteiger partial charge in [-0.1, -0.05) is 41.9 Å². The molecule has 0 bridgehead atoms. The maximum atomic E-state index is 14.6. The van der Waals surface area contributed by atoms with Gasteiger partial charge in [-0.2, -0.15) is 18.4 Å². The van der Waals surface area contributed by atoms with Crippen molar-refractivity contribution >= 4 is 41.3 Å². The highest BCUT2D eigenvalue weighted by atomic mass is 35.5. The van der Waals surface area contributed by atoms with E-state index in [2.05, 4.69) is 20.2 Å². The molecule has 9 nitrogen and oxygen atoms in total. The molecule has 0 spiro atoms. The molecule has 2 aromatic carbocycles. The zero-order chi connectivity index (χ0) is 34.6. The van der Waals surface area contributed by atoms with Crippen LogP contribution in [0.1, 0.15) is 56.0 Å². The van der Waals surface area contributed by atoms with E-state index >= 15 is 0 Å². The number of aliphatic carboxylic acids is 1. The molecule has 4 aromatic rings. The molecule has 1 fully saturated rings. The largest absolute Gasteiger partial charge is 0.481 e. The van der Waals surface area contributed by atoms with Crippen molar-refractivity contribution in [1.82, 2.24) is 14.9 Å². The van der Waals surface area contributed by atoms with Crippen LogP contribution in [0.25, 0.3) is 23.3 Å². The number of amides is 1. The second-order valence-electron chi connectivity index (χ2n) is 11.3. The van der Waals surface area contributed by atoms with Gasteiger partial charge in [-0.25, -0.2) is 0 Å². The number of likely N-dealkylation sites (tertiary alicyclic amines) is 1. The average Bonchev–Trinajstić information content (AvgIpc) is 3.54. The number of carbonyl (C=O) groups is 2. The fourth-order valence-corrected chi connectivity index (χ4v) is 5.85. The van der Waals surface area contributed by atoms with Gasteiger partial charge in [0, 0.05) is 36.1 Å². The summed E-state index contributed by atoms with van der Waals surface area (Å²) < 4.78 is 43.8. The Morgan fingerprint density at radius 2 is 1.94 bits per heavy atom. The Labute approximate surface area is 279 Å². The van der Waals surface area contributed by atoms with Crippen molar-refractivity contribution in [2.45, 2.75) is 32.7 Å². The van der Waals surface area contributed by atoms with Crippen LogP contribution in [0.5, 0.6) is 0 Å². The second kappa shape index (κ2) is 14.4. The van der Waals surface area contributed by atoms with Crippen molar-refractivity contribution in [2.75, 3.05) is 18.4 Å². The maximum Gasteiger partial charge on any atom is 0.419 e. The molecule has 0 unspecified atom stereocenters. The van der Waals surface area contributed by atoms with Crippen LogP contribution in [0, 0.1) is 24.2 Å². The molecule has 5 rings (SSSR count). The number of aromatic nitrogens is 2. The summed E-state index contributed by atoms with van der Waals surface area (Å²) in [5.41, 5.74) is 0.682. The molecule has 1 aliphatic rings. The van der Waals surface area contributed by atoms with Crippen LogP contribution in [0.4, 0.5) is 18.9 Å². The second-order valence-corrected chi connectivity index (χ2v) is 11.7. The molecule has 0 saturated carbocycles. The highest BCUT2D eigenvalue weighted by molar-refractivity contribution is 6.32. The molecule has 3 N–H and O–H groups in total. The zero-order valence-electron chi connectivity index (χ0n) is 25.6. The normalized spacial score (nSPS) is 15.1. The van der Waals surface area contributed by atoms with Crippen molar-refractivity contribution < 1.29 is 33.0 Å². The zero-order valence-corrected chi connectivity index (χ0v) is 26.3. The van der Waals surface area contributed by atoms with Crippen LogP contribution in [0.15, 0.2) is 60.9 Å². The number of alkyl halides is 3. The number of carbonyl (C=O) groups excluding carboxylic acids is 1. The molecule has 2 aromatic heterocycles. The van der Waals surface area contributed by atoms with Gasteiger partial charge in [-0.15, -0.1) is 0 Å². The first kappa shape index (κ1) is 34.3. The van der Waals surface area contributed by atoms with E-state index in [4.69, 9.17) is 11.6 Å². The number of carboxylic acid groups (broad SMARTS) is 1. The predicted octanol–water partition coefficient (Wildman–Crippen LogP) is 6.82. The molecule has 1 amide bonds. The van der Waals surface area contributed by atoms with E-state index in [1.54, 1.807) is 12.1 Å². The lowest BCUT2D eigenvalue weighted by molar-refractivity contribution is -0.141. The number of aryl methyl sites for hydroxylation is 1. The minimum absolute atomic E-state index is 0.0381. The topological polar surface area (TPSA) is 139 Å². The molecule has 13 heteroatoms. The van der Waals surface area contributed by atoms with E-state index in [0.717, 1.165) is 17.2 Å². The van der Waals surface area contributed by atoms with E-state index in [1.165, 1.54) is 48.8 Å². The van der Waals surface area contributed by atoms with Gasteiger partial charge >= 0.3 is 12.1 Å². The highest BCUT2D eigenvalue weighted by Crippen LogP contribution is 2.43. The quantitative estimate of drug-likeness (QED) is 0.176. The van der Waals surface area contributed by atoms with E-state index < -0.39 is 35.2 Å². The maximum absolute atomic E-state index is 14.6. The van der Waals surface area contributed by atoms with Crippen LogP contribution in [-0.4, -0.2) is 50.0 Å². The molecular formula is C35H29ClF3N5O4. The smallest absolute Gasteiger partial charge is 0.419 e. The van der Waals surface area contributed by atoms with Crippen molar-refractivity contribution in [1.29, 1.82) is 5.26 Å². The molecule has 246 valence electrons. The summed E-state index contributed by atoms with van der Waals surface area (Å²) in [6, 6.07) is 13.3. The van der Waals surface area contributed by atoms with Crippen molar-refractivity contribution in [3.05, 3.63) is 111 Å². The van der Waals surface area contributed by atoms with Gasteiger partial charge in [-0.05, 0) is 78.0 Å². The fourth-order valence-electron chi connectivity index (χ4n) is 5.60. The van der Waals surface area contributed by atoms with E-state index in [0.29, 0.717) is 42.2 Å². The number of halogens is 4. The van der Waals surface area contributed by atoms with Crippen molar-refractivity contribution in [3.8, 4) is 17.2 Å². The lowest BCUT2D eigenvalue weighted by Gasteiger charge is -2.19. The Bertz CT molecular complexity index is 1940. The number of nitriles is 1. The van der Waals surface area contributed by atoms with Gasteiger partial charge < -0.3 is 15.5 Å². The number of hydrogen-bond acceptors (Lipinski definition) is 7. The van der Waals surface area contributed by atoms with Gasteiger partial charge in [0.05, 0.1) is 35.0 Å². The fraction of sp³-hybridized carbons (Fsp3) is 0.229. The van der Waals surface area contributed by atoms with Gasteiger partial charge in [0.1, 0.15) is 11.8 Å². The number of nitrogens with zero attached hydrogens (tertiary/aromatic N) is 4. The van der Waals surface area contributed by atoms with Crippen LogP contribution in [0.3, 0.4) is 0 Å². The molecular weight excluding hydrogens is 647 g/mol. The van der Waals surface area contributed by atoms with E-state index in [9.17, 15) is 38.2 Å². The standard InChI is InChI=1S/C35H29ClF3N5O4/c1-20-13-22(28(36)14-24(20)18-44-12-10-23(17-44)34(47)48)6-8-29-27(15-40)25(9-11-41-29)26-3-2-4-30(32(26)35(37,38)39)43-33(46)31-7-5-21(19-45)16-42-31/h2-9,11,13-14,16,23,45H,10,12,17-19H2,1H3,(H,43,46)(H,47,48)/b8-6+/t23-/m1/s1. The summed E-state index contributed by atoms with van der Waals surface area (Å²) in [6.45, 7) is 3.24. The van der Waals surface area contributed by atoms with Gasteiger partial charge in [0.2, 0.25) is 0 Å². The summed E-state index contributed by atoms with van der Waals surface area (Å²) in [4.78, 5) is 34.4. The van der Waals surface area contributed by atoms with Crippen LogP contribution in [-0.2, 0) is 24.1 Å². The van der Waals surface area contributed by atoms with Crippen molar-refractivity contribution in [3.63, 3.8) is 0 Å². The molecule has 1 atom stereocenters. The van der Waals surface area contributed by atoms with Crippen LogP contribution in [0.2, 0.25) is 5.02 Å². The van der Waals surface area contributed by atoms with Crippen LogP contribution >= 0.6 is 11.6 Å². The first-order valence-electron chi connectivity index (χ1n) is 14.8. The summed E-state index contributed by atoms with van der Waals surface area (Å²) in [6.07, 6.45) is 1.33. The Balaban J connectivity index is 1.45. The molecule has 1 aliphatic heterocycles. The van der Waals surface area contributed by atoms with Gasteiger partial charge in [-0.3, -0.25) is 24.5 Å². The summed E-state index contributed by atoms with van der Waals surface area (Å²) in [5, 5.41) is 31.3. The molecule has 0 aliphatic carbocycles. The number of rotatable bonds is 9. The number of nitrogens with one attached hydrogen (secondary N) is 1. The average molecular weight is 676 g/mol. The SMILES string of the molecule is Cc1cc(/C=C/c2nccc(-c3cccc(NC(=O)c4ccc(CO)cn4)c3C(F)(F)F)c2C#N)c(Cl)cc1CN1CC[C@@H](C(=O)O)C1. The summed E-state index contributed by atoms with van der Waals surface area (Å²) >= 11 is 6.60. The third-order valence-electron chi connectivity index (χ3n) is 8.11. The van der Waals surface area contributed by atoms with E-state index in [-0.39, 0.29) is 34.7 Å². The van der Waals surface area contributed by atoms with Crippen molar-refractivity contribution in [2.24, 2.45) is 5.92 Å². The van der Waals surface area contributed by atoms with Gasteiger partial charge in [0.25, 0.3) is 5.91 Å². The minimum atomic E-state index is -4.92. The number of carboxylic acids is 1. The summed E-state index contributed by atoms with van der Waals surface area (Å²) in [7, 11) is 0. The van der Waals surface area contributed by atoms with E-state index in [1.807, 2.05) is 19.1 Å². The van der Waals surface area contributed by atoms with Gasteiger partial charge in [0.15, 0.2) is 0 Å². The molecule has 1 saturated heterocycles. The predicted molar refractivity (Wildman–Crippen MR) is 174 cm³/mol. The molecule has 3 heterocycles. The number of pyridine rings is 2. The minimum Gasteiger partial charge on any atom is -0.481 e. The third kappa shape index (κ3) is 7.55. The lowest BCUT2D eigenvalue weighted by atomic mass is 9.93. The first-order chi connectivity index (χ1) is 22.9. The summed E-state index contributed by atoms with van der Waals surface area (Å²) in [5.74, 6) is -2.10. The Morgan fingerprint density at radius 1 is 1.15 bits per heavy atom. The third-order valence-corrected chi connectivity index (χ3v) is 8.44. The monoisotopic (exact) mass is 675 g/mol. The van der Waals surface area contributed by atoms with Crippen LogP contribution < -0.4 is 5.32 Å². The Hall–Kier alpha value is -5.09. The number of anilines is 1. The number of aliphatic hydroxyl groups is 1. The lowest BCUT2D eigenvalue weighted by Crippen LogP contribution is -2.23. The Morgan fingerprint density at radius 3 is 2.58 bits per heavy atom. The number of hydrogen-bond donors (Lipinski definition) is 3. The molecule has 48 heavy (non-hydrogen) atoms.